The van der Waals surface area contributed by atoms with Gasteiger partial charge in [-0.1, -0.05) is 23.7 Å². The third-order valence-electron chi connectivity index (χ3n) is 4.22. The number of imidazole rings is 1. The van der Waals surface area contributed by atoms with E-state index in [-0.39, 0.29) is 25.0 Å². The molecule has 0 aliphatic carbocycles. The van der Waals surface area contributed by atoms with Gasteiger partial charge in [-0.2, -0.15) is 0 Å². The quantitative estimate of drug-likeness (QED) is 0.569. The first-order valence-corrected chi connectivity index (χ1v) is 9.64. The normalized spacial score (nSPS) is 11.8. The highest BCUT2D eigenvalue weighted by molar-refractivity contribution is 6.30. The molecule has 8 heteroatoms. The van der Waals surface area contributed by atoms with Gasteiger partial charge in [-0.05, 0) is 50.2 Å². The fraction of sp³-hybridized carbons (Fsp3) is 0.286. The summed E-state index contributed by atoms with van der Waals surface area (Å²) in [5.41, 5.74) is 1.54. The number of esters is 1. The summed E-state index contributed by atoms with van der Waals surface area (Å²) in [6.45, 7) is 3.74. The fourth-order valence-corrected chi connectivity index (χ4v) is 3.08. The number of benzene rings is 2. The largest absolute Gasteiger partial charge is 0.484 e. The van der Waals surface area contributed by atoms with E-state index in [0.717, 1.165) is 11.0 Å². The highest BCUT2D eigenvalue weighted by atomic mass is 35.5. The second-order valence-electron chi connectivity index (χ2n) is 6.38. The molecule has 1 heterocycles. The second-order valence-corrected chi connectivity index (χ2v) is 6.82. The van der Waals surface area contributed by atoms with Crippen molar-refractivity contribution in [3.05, 3.63) is 59.4 Å². The number of hydrogen-bond acceptors (Lipinski definition) is 5. The third-order valence-corrected chi connectivity index (χ3v) is 4.48. The van der Waals surface area contributed by atoms with Crippen molar-refractivity contribution >= 4 is 34.5 Å². The van der Waals surface area contributed by atoms with Crippen LogP contribution in [0.4, 0.5) is 0 Å². The molecule has 0 spiro atoms. The van der Waals surface area contributed by atoms with Crippen molar-refractivity contribution in [3.63, 3.8) is 0 Å². The van der Waals surface area contributed by atoms with Crippen LogP contribution in [0.5, 0.6) is 5.75 Å². The van der Waals surface area contributed by atoms with Crippen molar-refractivity contribution in [2.24, 2.45) is 0 Å². The second kappa shape index (κ2) is 9.43. The molecule has 7 nitrogen and oxygen atoms in total. The first-order valence-electron chi connectivity index (χ1n) is 9.26. The van der Waals surface area contributed by atoms with E-state index in [1.807, 2.05) is 31.2 Å². The summed E-state index contributed by atoms with van der Waals surface area (Å²) >= 11 is 5.84. The maximum Gasteiger partial charge on any atom is 0.326 e. The molecule has 1 N–H and O–H groups in total. The number of hydrogen-bond donors (Lipinski definition) is 1. The average Bonchev–Trinajstić information content (AvgIpc) is 3.06. The minimum absolute atomic E-state index is 0.0190. The van der Waals surface area contributed by atoms with Crippen molar-refractivity contribution in [3.8, 4) is 5.75 Å². The van der Waals surface area contributed by atoms with Crippen LogP contribution in [0.25, 0.3) is 11.0 Å². The van der Waals surface area contributed by atoms with Crippen molar-refractivity contribution < 1.29 is 19.1 Å². The Bertz CT molecular complexity index is 1000. The molecule has 0 aliphatic rings. The molecule has 0 saturated heterocycles. The maximum atomic E-state index is 12.3. The first-order chi connectivity index (χ1) is 14.0. The summed E-state index contributed by atoms with van der Waals surface area (Å²) in [5.74, 6) is 0.453. The third kappa shape index (κ3) is 5.26. The molecule has 29 heavy (non-hydrogen) atoms. The fourth-order valence-electron chi connectivity index (χ4n) is 2.95. The van der Waals surface area contributed by atoms with Gasteiger partial charge in [-0.25, -0.2) is 4.98 Å². The van der Waals surface area contributed by atoms with Gasteiger partial charge in [0.1, 0.15) is 18.1 Å². The van der Waals surface area contributed by atoms with Gasteiger partial charge in [0.25, 0.3) is 5.91 Å². The van der Waals surface area contributed by atoms with Crippen LogP contribution in [0.2, 0.25) is 5.02 Å². The lowest BCUT2D eigenvalue weighted by Gasteiger charge is -2.16. The monoisotopic (exact) mass is 415 g/mol. The highest BCUT2D eigenvalue weighted by Gasteiger charge is 2.20. The lowest BCUT2D eigenvalue weighted by molar-refractivity contribution is -0.143. The Balaban J connectivity index is 1.72. The van der Waals surface area contributed by atoms with Crippen LogP contribution in [-0.2, 0) is 20.9 Å². The molecule has 1 unspecified atom stereocenters. The van der Waals surface area contributed by atoms with Gasteiger partial charge >= 0.3 is 5.97 Å². The van der Waals surface area contributed by atoms with Crippen LogP contribution in [0.3, 0.4) is 0 Å². The predicted molar refractivity (Wildman–Crippen MR) is 110 cm³/mol. The summed E-state index contributed by atoms with van der Waals surface area (Å²) < 4.78 is 12.3. The SMILES string of the molecule is CCOC(=O)Cn1c(C(C)NC(=O)COc2ccc(Cl)cc2)nc2ccccc21. The van der Waals surface area contributed by atoms with Crippen LogP contribution < -0.4 is 10.1 Å². The zero-order valence-electron chi connectivity index (χ0n) is 16.2. The molecule has 1 amide bonds. The Morgan fingerprint density at radius 2 is 1.90 bits per heavy atom. The standard InChI is InChI=1S/C21H22ClN3O4/c1-3-28-20(27)12-25-18-7-5-4-6-17(18)24-21(25)14(2)23-19(26)13-29-16-10-8-15(22)9-11-16/h4-11,14H,3,12-13H2,1-2H3,(H,23,26). The van der Waals surface area contributed by atoms with E-state index >= 15 is 0 Å². The van der Waals surface area contributed by atoms with Crippen LogP contribution in [0, 0.1) is 0 Å². The van der Waals surface area contributed by atoms with E-state index < -0.39 is 6.04 Å². The number of rotatable bonds is 8. The van der Waals surface area contributed by atoms with Crippen LogP contribution in [0.15, 0.2) is 48.5 Å². The molecule has 1 atom stereocenters. The van der Waals surface area contributed by atoms with E-state index in [1.54, 1.807) is 35.8 Å². The zero-order chi connectivity index (χ0) is 20.8. The predicted octanol–water partition coefficient (Wildman–Crippen LogP) is 3.51. The molecule has 3 aromatic rings. The Kier molecular flexibility index (Phi) is 6.72. The van der Waals surface area contributed by atoms with Gasteiger partial charge in [-0.3, -0.25) is 9.59 Å². The van der Waals surface area contributed by atoms with Crippen molar-refractivity contribution in [1.29, 1.82) is 0 Å². The molecule has 0 fully saturated rings. The Hall–Kier alpha value is -3.06. The Morgan fingerprint density at radius 1 is 1.17 bits per heavy atom. The maximum absolute atomic E-state index is 12.3. The molecule has 2 aromatic carbocycles. The average molecular weight is 416 g/mol. The van der Waals surface area contributed by atoms with E-state index in [4.69, 9.17) is 21.1 Å². The van der Waals surface area contributed by atoms with Gasteiger partial charge < -0.3 is 19.4 Å². The van der Waals surface area contributed by atoms with Crippen LogP contribution in [0.1, 0.15) is 25.7 Å². The van der Waals surface area contributed by atoms with E-state index in [0.29, 0.717) is 23.2 Å². The molecule has 1 aromatic heterocycles. The van der Waals surface area contributed by atoms with Gasteiger partial charge in [-0.15, -0.1) is 0 Å². The number of carbonyl (C=O) groups is 2. The lowest BCUT2D eigenvalue weighted by atomic mass is 10.3. The molecular formula is C21H22ClN3O4. The highest BCUT2D eigenvalue weighted by Crippen LogP contribution is 2.21. The summed E-state index contributed by atoms with van der Waals surface area (Å²) in [6.07, 6.45) is 0. The Labute approximate surface area is 173 Å². The minimum atomic E-state index is -0.432. The van der Waals surface area contributed by atoms with Crippen molar-refractivity contribution in [2.75, 3.05) is 13.2 Å². The van der Waals surface area contributed by atoms with Crippen LogP contribution >= 0.6 is 11.6 Å². The first kappa shape index (κ1) is 20.7. The molecule has 3 rings (SSSR count). The van der Waals surface area contributed by atoms with Gasteiger partial charge in [0, 0.05) is 5.02 Å². The summed E-state index contributed by atoms with van der Waals surface area (Å²) in [7, 11) is 0. The number of halogens is 1. The van der Waals surface area contributed by atoms with E-state index in [1.165, 1.54) is 0 Å². The minimum Gasteiger partial charge on any atom is -0.484 e. The van der Waals surface area contributed by atoms with E-state index in [9.17, 15) is 9.59 Å². The topological polar surface area (TPSA) is 82.5 Å². The Morgan fingerprint density at radius 3 is 2.62 bits per heavy atom. The number of carbonyl (C=O) groups excluding carboxylic acids is 2. The number of nitrogens with zero attached hydrogens (tertiary/aromatic N) is 2. The van der Waals surface area contributed by atoms with E-state index in [2.05, 4.69) is 10.3 Å². The number of para-hydroxylation sites is 2. The number of aromatic nitrogens is 2. The zero-order valence-corrected chi connectivity index (χ0v) is 17.0. The number of ether oxygens (including phenoxy) is 2. The molecular weight excluding hydrogens is 394 g/mol. The van der Waals surface area contributed by atoms with Crippen molar-refractivity contribution in [1.82, 2.24) is 14.9 Å². The number of amides is 1. The van der Waals surface area contributed by atoms with Crippen LogP contribution in [-0.4, -0.2) is 34.6 Å². The lowest BCUT2D eigenvalue weighted by Crippen LogP contribution is -2.33. The van der Waals surface area contributed by atoms with Gasteiger partial charge in [0.15, 0.2) is 6.61 Å². The molecule has 0 saturated carbocycles. The summed E-state index contributed by atoms with van der Waals surface area (Å²) in [4.78, 5) is 29.0. The molecule has 152 valence electrons. The smallest absolute Gasteiger partial charge is 0.326 e. The molecule has 0 radical (unpaired) electrons. The van der Waals surface area contributed by atoms with Gasteiger partial charge in [0.05, 0.1) is 23.7 Å². The molecule has 0 bridgehead atoms. The number of nitrogens with one attached hydrogen (secondary N) is 1. The summed E-state index contributed by atoms with van der Waals surface area (Å²) in [5, 5.41) is 3.45. The molecule has 0 aliphatic heterocycles. The number of fused-ring (bicyclic) bond motifs is 1. The van der Waals surface area contributed by atoms with Gasteiger partial charge in [0.2, 0.25) is 0 Å². The summed E-state index contributed by atoms with van der Waals surface area (Å²) in [6, 6.07) is 13.8. The van der Waals surface area contributed by atoms with Crippen molar-refractivity contribution in [2.45, 2.75) is 26.4 Å².